The Bertz CT molecular complexity index is 731. The molecule has 3 heteroatoms. The molecule has 0 unspecified atom stereocenters. The molecule has 0 aliphatic rings. The van der Waals surface area contributed by atoms with Crippen molar-refractivity contribution in [2.45, 2.75) is 0 Å². The van der Waals surface area contributed by atoms with E-state index in [0.717, 1.165) is 10.4 Å². The molecule has 0 aliphatic carbocycles. The van der Waals surface area contributed by atoms with Crippen LogP contribution in [0.25, 0.3) is 0 Å². The fraction of sp³-hybridized carbons (Fsp3) is 0.0500. The third-order valence-corrected chi connectivity index (χ3v) is 7.86. The zero-order chi connectivity index (χ0) is 16.1. The second-order valence-corrected chi connectivity index (χ2v) is 8.69. The first-order chi connectivity index (χ1) is 11.3. The maximum Gasteiger partial charge on any atom is 0.333 e. The van der Waals surface area contributed by atoms with E-state index in [0.29, 0.717) is 5.56 Å². The molecule has 0 aromatic heterocycles. The molecular formula is C20H18O2Si. The molecule has 0 bridgehead atoms. The van der Waals surface area contributed by atoms with E-state index in [2.05, 4.69) is 0 Å². The van der Waals surface area contributed by atoms with Gasteiger partial charge in [-0.2, -0.15) is 0 Å². The number of carbonyl (C=O) groups excluding carboxylic acids is 1. The molecular weight excluding hydrogens is 300 g/mol. The van der Waals surface area contributed by atoms with Gasteiger partial charge in [0.05, 0.1) is 0 Å². The SMILES string of the molecule is CO[Si](C(=O)c1ccccc1)(c1ccccc1)c1ccccc1. The Balaban J connectivity index is 2.24. The second kappa shape index (κ2) is 6.73. The standard InChI is InChI=1S/C20H18O2Si/c1-22-23(18-13-7-3-8-14-18,19-15-9-4-10-16-19)20(21)17-11-5-2-6-12-17/h2-16H,1H3. The molecule has 2 nitrogen and oxygen atoms in total. The van der Waals surface area contributed by atoms with E-state index in [1.54, 1.807) is 7.11 Å². The van der Waals surface area contributed by atoms with Crippen LogP contribution in [0.2, 0.25) is 0 Å². The molecule has 0 saturated heterocycles. The summed E-state index contributed by atoms with van der Waals surface area (Å²) in [6.45, 7) is 0. The van der Waals surface area contributed by atoms with Gasteiger partial charge in [0.1, 0.15) is 0 Å². The van der Waals surface area contributed by atoms with Crippen LogP contribution in [0.5, 0.6) is 0 Å². The molecule has 23 heavy (non-hydrogen) atoms. The van der Waals surface area contributed by atoms with Crippen molar-refractivity contribution in [3.05, 3.63) is 96.6 Å². The Hall–Kier alpha value is -2.49. The Morgan fingerprint density at radius 2 is 1.09 bits per heavy atom. The Kier molecular flexibility index (Phi) is 4.51. The van der Waals surface area contributed by atoms with Crippen LogP contribution in [0.3, 0.4) is 0 Å². The van der Waals surface area contributed by atoms with Gasteiger partial charge in [0.25, 0.3) is 0 Å². The maximum absolute atomic E-state index is 13.4. The monoisotopic (exact) mass is 318 g/mol. The minimum absolute atomic E-state index is 0.0676. The van der Waals surface area contributed by atoms with Crippen molar-refractivity contribution in [1.29, 1.82) is 0 Å². The van der Waals surface area contributed by atoms with Crippen molar-refractivity contribution < 1.29 is 9.22 Å². The molecule has 3 aromatic carbocycles. The molecule has 114 valence electrons. The predicted molar refractivity (Wildman–Crippen MR) is 95.7 cm³/mol. The summed E-state index contributed by atoms with van der Waals surface area (Å²) in [5, 5.41) is 1.99. The highest BCUT2D eigenvalue weighted by atomic mass is 28.4. The lowest BCUT2D eigenvalue weighted by Gasteiger charge is -2.29. The van der Waals surface area contributed by atoms with E-state index >= 15 is 0 Å². The normalized spacial score (nSPS) is 11.2. The van der Waals surface area contributed by atoms with Crippen molar-refractivity contribution in [3.8, 4) is 0 Å². The number of benzene rings is 3. The summed E-state index contributed by atoms with van der Waals surface area (Å²) in [6.07, 6.45) is 0. The lowest BCUT2D eigenvalue weighted by Crippen LogP contribution is -2.66. The fourth-order valence-corrected chi connectivity index (χ4v) is 6.31. The second-order valence-electron chi connectivity index (χ2n) is 5.31. The number of rotatable bonds is 5. The molecule has 0 spiro atoms. The quantitative estimate of drug-likeness (QED) is 0.676. The molecule has 0 saturated carbocycles. The van der Waals surface area contributed by atoms with Gasteiger partial charge in [-0.3, -0.25) is 4.79 Å². The van der Waals surface area contributed by atoms with Gasteiger partial charge in [0.2, 0.25) is 0 Å². The van der Waals surface area contributed by atoms with E-state index in [-0.39, 0.29) is 5.41 Å². The van der Waals surface area contributed by atoms with Crippen LogP contribution in [-0.2, 0) is 4.43 Å². The van der Waals surface area contributed by atoms with Crippen molar-refractivity contribution in [1.82, 2.24) is 0 Å². The summed E-state index contributed by atoms with van der Waals surface area (Å²) in [4.78, 5) is 13.4. The van der Waals surface area contributed by atoms with Crippen LogP contribution < -0.4 is 10.4 Å². The van der Waals surface area contributed by atoms with Crippen LogP contribution in [0, 0.1) is 0 Å². The zero-order valence-electron chi connectivity index (χ0n) is 13.0. The van der Waals surface area contributed by atoms with Gasteiger partial charge in [-0.05, 0) is 10.4 Å². The van der Waals surface area contributed by atoms with Gasteiger partial charge in [0.15, 0.2) is 5.41 Å². The molecule has 0 N–H and O–H groups in total. The van der Waals surface area contributed by atoms with Gasteiger partial charge < -0.3 is 4.43 Å². The van der Waals surface area contributed by atoms with Crippen LogP contribution in [0.15, 0.2) is 91.0 Å². The van der Waals surface area contributed by atoms with Crippen LogP contribution >= 0.6 is 0 Å². The molecule has 0 atom stereocenters. The van der Waals surface area contributed by atoms with Gasteiger partial charge in [-0.25, -0.2) is 0 Å². The van der Waals surface area contributed by atoms with E-state index in [4.69, 9.17) is 4.43 Å². The van der Waals surface area contributed by atoms with Gasteiger partial charge >= 0.3 is 8.32 Å². The van der Waals surface area contributed by atoms with E-state index in [9.17, 15) is 4.79 Å². The average Bonchev–Trinajstić information content (AvgIpc) is 2.65. The number of hydrogen-bond donors (Lipinski definition) is 0. The zero-order valence-corrected chi connectivity index (χ0v) is 14.0. The van der Waals surface area contributed by atoms with Crippen molar-refractivity contribution in [2.24, 2.45) is 0 Å². The molecule has 0 amide bonds. The molecule has 3 aromatic rings. The first-order valence-electron chi connectivity index (χ1n) is 7.55. The van der Waals surface area contributed by atoms with Crippen LogP contribution in [0.1, 0.15) is 10.4 Å². The largest absolute Gasteiger partial charge is 0.406 e. The smallest absolute Gasteiger partial charge is 0.333 e. The number of hydrogen-bond acceptors (Lipinski definition) is 2. The van der Waals surface area contributed by atoms with E-state index in [1.165, 1.54) is 0 Å². The lowest BCUT2D eigenvalue weighted by atomic mass is 10.2. The summed E-state index contributed by atoms with van der Waals surface area (Å²) in [5.41, 5.74) is 0.689. The molecule has 0 aliphatic heterocycles. The highest BCUT2D eigenvalue weighted by Gasteiger charge is 2.47. The van der Waals surface area contributed by atoms with Crippen molar-refractivity contribution in [2.75, 3.05) is 7.11 Å². The van der Waals surface area contributed by atoms with Crippen LogP contribution in [0.4, 0.5) is 0 Å². The van der Waals surface area contributed by atoms with Gasteiger partial charge in [0, 0.05) is 12.7 Å². The van der Waals surface area contributed by atoms with Crippen LogP contribution in [-0.4, -0.2) is 20.8 Å². The van der Waals surface area contributed by atoms with Crippen molar-refractivity contribution in [3.63, 3.8) is 0 Å². The third-order valence-electron chi connectivity index (χ3n) is 4.02. The van der Waals surface area contributed by atoms with E-state index in [1.807, 2.05) is 91.0 Å². The predicted octanol–water partition coefficient (Wildman–Crippen LogP) is 2.81. The average molecular weight is 318 g/mol. The summed E-state index contributed by atoms with van der Waals surface area (Å²) < 4.78 is 6.02. The molecule has 0 radical (unpaired) electrons. The highest BCUT2D eigenvalue weighted by Crippen LogP contribution is 2.14. The van der Waals surface area contributed by atoms with Crippen molar-refractivity contribution >= 4 is 24.1 Å². The third kappa shape index (κ3) is 2.76. The highest BCUT2D eigenvalue weighted by molar-refractivity contribution is 7.20. The minimum atomic E-state index is -3.00. The Morgan fingerprint density at radius 1 is 0.696 bits per heavy atom. The van der Waals surface area contributed by atoms with Gasteiger partial charge in [-0.15, -0.1) is 0 Å². The fourth-order valence-electron chi connectivity index (χ4n) is 2.90. The lowest BCUT2D eigenvalue weighted by molar-refractivity contribution is 0.105. The molecule has 0 heterocycles. The molecule has 3 rings (SSSR count). The van der Waals surface area contributed by atoms with E-state index < -0.39 is 8.32 Å². The summed E-state index contributed by atoms with van der Waals surface area (Å²) >= 11 is 0. The maximum atomic E-state index is 13.4. The summed E-state index contributed by atoms with van der Waals surface area (Å²) in [7, 11) is -1.36. The number of carbonyl (C=O) groups is 1. The molecule has 0 fully saturated rings. The Morgan fingerprint density at radius 3 is 1.48 bits per heavy atom. The summed E-state index contributed by atoms with van der Waals surface area (Å²) in [6, 6.07) is 29.1. The first-order valence-corrected chi connectivity index (χ1v) is 9.46. The van der Waals surface area contributed by atoms with Gasteiger partial charge in [-0.1, -0.05) is 91.0 Å². The first kappa shape index (κ1) is 15.4. The minimum Gasteiger partial charge on any atom is -0.406 e. The Labute approximate surface area is 137 Å². The topological polar surface area (TPSA) is 26.3 Å². The summed E-state index contributed by atoms with van der Waals surface area (Å²) in [5.74, 6) is 0.